The van der Waals surface area contributed by atoms with Crippen molar-refractivity contribution in [3.8, 4) is 0 Å². The highest BCUT2D eigenvalue weighted by Gasteiger charge is 2.13. The van der Waals surface area contributed by atoms with E-state index in [9.17, 15) is 13.2 Å². The highest BCUT2D eigenvalue weighted by Crippen LogP contribution is 2.31. The smallest absolute Gasteiger partial charge is 0.188 e. The topological polar surface area (TPSA) is 24.9 Å². The van der Waals surface area contributed by atoms with Crippen LogP contribution in [-0.2, 0) is 0 Å². The van der Waals surface area contributed by atoms with E-state index < -0.39 is 17.5 Å². The Balaban J connectivity index is 2.01. The summed E-state index contributed by atoms with van der Waals surface area (Å²) in [7, 11) is 0. The number of benzene rings is 2. The van der Waals surface area contributed by atoms with Gasteiger partial charge >= 0.3 is 0 Å². The molecule has 0 unspecified atom stereocenters. The van der Waals surface area contributed by atoms with Crippen LogP contribution in [0.5, 0.6) is 0 Å². The van der Waals surface area contributed by atoms with E-state index in [1.54, 1.807) is 6.07 Å². The number of hydrogen-bond acceptors (Lipinski definition) is 3. The lowest BCUT2D eigenvalue weighted by molar-refractivity contribution is 0.498. The molecule has 3 rings (SSSR count). The fourth-order valence-corrected chi connectivity index (χ4v) is 2.92. The number of halogens is 4. The van der Waals surface area contributed by atoms with Crippen LogP contribution in [0.1, 0.15) is 0 Å². The van der Waals surface area contributed by atoms with Crippen LogP contribution in [0, 0.1) is 17.5 Å². The van der Waals surface area contributed by atoms with E-state index >= 15 is 0 Å². The van der Waals surface area contributed by atoms with Gasteiger partial charge in [0.25, 0.3) is 0 Å². The third kappa shape index (κ3) is 2.51. The van der Waals surface area contributed by atoms with Crippen LogP contribution in [0.15, 0.2) is 34.8 Å². The van der Waals surface area contributed by atoms with Crippen LogP contribution in [0.3, 0.4) is 0 Å². The fraction of sp³-hybridized carbons (Fsp3) is 0. The van der Waals surface area contributed by atoms with Gasteiger partial charge in [0.05, 0.1) is 15.9 Å². The van der Waals surface area contributed by atoms with Gasteiger partial charge in [-0.05, 0) is 18.2 Å². The van der Waals surface area contributed by atoms with Gasteiger partial charge in [-0.3, -0.25) is 0 Å². The minimum atomic E-state index is -1.24. The van der Waals surface area contributed by atoms with Gasteiger partial charge in [0, 0.05) is 16.6 Å². The molecule has 3 aromatic rings. The van der Waals surface area contributed by atoms with E-state index in [1.807, 2.05) is 12.1 Å². The predicted octanol–water partition coefficient (Wildman–Crippen LogP) is 5.22. The molecule has 0 fully saturated rings. The molecule has 1 aromatic heterocycles. The molecular weight excluding hydrogens is 353 g/mol. The van der Waals surface area contributed by atoms with Crippen molar-refractivity contribution in [3.63, 3.8) is 0 Å². The lowest BCUT2D eigenvalue weighted by Crippen LogP contribution is -1.97. The van der Waals surface area contributed by atoms with Crippen molar-refractivity contribution in [3.05, 3.63) is 52.3 Å². The molecule has 1 N–H and O–H groups in total. The molecule has 1 heterocycles. The maximum Gasteiger partial charge on any atom is 0.188 e. The van der Waals surface area contributed by atoms with Gasteiger partial charge in [-0.15, -0.1) is 0 Å². The number of nitrogens with zero attached hydrogens (tertiary/aromatic N) is 1. The second-order valence-electron chi connectivity index (χ2n) is 4.01. The van der Waals surface area contributed by atoms with Crippen molar-refractivity contribution in [2.75, 3.05) is 5.32 Å². The van der Waals surface area contributed by atoms with E-state index in [1.165, 1.54) is 11.3 Å². The highest BCUT2D eigenvalue weighted by molar-refractivity contribution is 9.10. The summed E-state index contributed by atoms with van der Waals surface area (Å²) < 4.78 is 41.5. The summed E-state index contributed by atoms with van der Waals surface area (Å²) in [4.78, 5) is 4.24. The summed E-state index contributed by atoms with van der Waals surface area (Å²) in [6, 6.07) is 6.90. The summed E-state index contributed by atoms with van der Waals surface area (Å²) in [6.45, 7) is 0. The van der Waals surface area contributed by atoms with E-state index in [4.69, 9.17) is 0 Å². The molecule has 0 aliphatic rings. The second-order valence-corrected chi connectivity index (χ2v) is 5.95. The maximum absolute atomic E-state index is 13.6. The minimum Gasteiger partial charge on any atom is -0.329 e. The zero-order valence-corrected chi connectivity index (χ0v) is 12.2. The Morgan fingerprint density at radius 3 is 2.70 bits per heavy atom. The molecule has 0 spiro atoms. The van der Waals surface area contributed by atoms with Gasteiger partial charge in [0.15, 0.2) is 16.8 Å². The third-order valence-corrected chi connectivity index (χ3v) is 4.03. The molecule has 7 heteroatoms. The zero-order chi connectivity index (χ0) is 14.3. The SMILES string of the molecule is Fc1cc(F)c(F)c(Nc2nc3cc(Br)ccc3s2)c1. The van der Waals surface area contributed by atoms with Crippen molar-refractivity contribution >= 4 is 48.3 Å². The van der Waals surface area contributed by atoms with Crippen LogP contribution < -0.4 is 5.32 Å². The molecule has 0 amide bonds. The van der Waals surface area contributed by atoms with Crippen molar-refractivity contribution < 1.29 is 13.2 Å². The highest BCUT2D eigenvalue weighted by atomic mass is 79.9. The Bertz CT molecular complexity index is 804. The molecule has 102 valence electrons. The van der Waals surface area contributed by atoms with Gasteiger partial charge in [0.2, 0.25) is 0 Å². The van der Waals surface area contributed by atoms with Gasteiger partial charge in [-0.1, -0.05) is 27.3 Å². The van der Waals surface area contributed by atoms with Gasteiger partial charge < -0.3 is 5.32 Å². The summed E-state index contributed by atoms with van der Waals surface area (Å²) in [5.41, 5.74) is 0.435. The molecule has 2 aromatic carbocycles. The Morgan fingerprint density at radius 2 is 1.90 bits per heavy atom. The van der Waals surface area contributed by atoms with Crippen molar-refractivity contribution in [1.29, 1.82) is 0 Å². The second kappa shape index (κ2) is 5.06. The molecule has 20 heavy (non-hydrogen) atoms. The Labute approximate surface area is 124 Å². The Kier molecular flexibility index (Phi) is 3.39. The molecule has 0 saturated carbocycles. The summed E-state index contributed by atoms with van der Waals surface area (Å²) >= 11 is 4.59. The van der Waals surface area contributed by atoms with E-state index in [0.717, 1.165) is 15.2 Å². The summed E-state index contributed by atoms with van der Waals surface area (Å²) in [6.07, 6.45) is 0. The first-order chi connectivity index (χ1) is 9.52. The average Bonchev–Trinajstić information content (AvgIpc) is 2.76. The van der Waals surface area contributed by atoms with Gasteiger partial charge in [0.1, 0.15) is 5.82 Å². The summed E-state index contributed by atoms with van der Waals surface area (Å²) in [5.74, 6) is -3.22. The quantitative estimate of drug-likeness (QED) is 0.635. The van der Waals surface area contributed by atoms with Crippen molar-refractivity contribution in [1.82, 2.24) is 4.98 Å². The minimum absolute atomic E-state index is 0.277. The number of hydrogen-bond donors (Lipinski definition) is 1. The Morgan fingerprint density at radius 1 is 1.10 bits per heavy atom. The molecule has 2 nitrogen and oxygen atoms in total. The number of thiazole rings is 1. The van der Waals surface area contributed by atoms with Crippen LogP contribution in [0.2, 0.25) is 0 Å². The number of aromatic nitrogens is 1. The molecule has 0 atom stereocenters. The molecule has 0 aliphatic carbocycles. The van der Waals surface area contributed by atoms with E-state index in [0.29, 0.717) is 16.7 Å². The van der Waals surface area contributed by atoms with Crippen LogP contribution >= 0.6 is 27.3 Å². The lowest BCUT2D eigenvalue weighted by atomic mass is 10.3. The summed E-state index contributed by atoms with van der Waals surface area (Å²) in [5, 5.41) is 2.96. The van der Waals surface area contributed by atoms with Crippen LogP contribution in [0.25, 0.3) is 10.2 Å². The van der Waals surface area contributed by atoms with Crippen LogP contribution in [-0.4, -0.2) is 4.98 Å². The third-order valence-electron chi connectivity index (χ3n) is 2.58. The first kappa shape index (κ1) is 13.4. The molecular formula is C13H6BrF3N2S. The predicted molar refractivity (Wildman–Crippen MR) is 76.9 cm³/mol. The van der Waals surface area contributed by atoms with E-state index in [2.05, 4.69) is 26.2 Å². The number of anilines is 2. The first-order valence-corrected chi connectivity index (χ1v) is 7.11. The van der Waals surface area contributed by atoms with Crippen molar-refractivity contribution in [2.45, 2.75) is 0 Å². The normalized spacial score (nSPS) is 11.0. The van der Waals surface area contributed by atoms with Gasteiger partial charge in [-0.25, -0.2) is 18.2 Å². The number of fused-ring (bicyclic) bond motifs is 1. The first-order valence-electron chi connectivity index (χ1n) is 5.50. The van der Waals surface area contributed by atoms with Gasteiger partial charge in [-0.2, -0.15) is 0 Å². The molecule has 0 radical (unpaired) electrons. The maximum atomic E-state index is 13.6. The zero-order valence-electron chi connectivity index (χ0n) is 9.75. The molecule has 0 bridgehead atoms. The molecule has 0 aliphatic heterocycles. The lowest BCUT2D eigenvalue weighted by Gasteiger charge is -2.04. The van der Waals surface area contributed by atoms with E-state index in [-0.39, 0.29) is 5.69 Å². The standard InChI is InChI=1S/C13H6BrF3N2S/c14-6-1-2-11-9(3-6)18-13(20-11)19-10-5-7(15)4-8(16)12(10)17/h1-5H,(H,18,19). The Hall–Kier alpha value is -1.60. The fourth-order valence-electron chi connectivity index (χ4n) is 1.72. The van der Waals surface area contributed by atoms with Crippen LogP contribution in [0.4, 0.5) is 24.0 Å². The monoisotopic (exact) mass is 358 g/mol. The van der Waals surface area contributed by atoms with Crippen molar-refractivity contribution in [2.24, 2.45) is 0 Å². The largest absolute Gasteiger partial charge is 0.329 e. The molecule has 0 saturated heterocycles. The number of nitrogens with one attached hydrogen (secondary N) is 1. The number of rotatable bonds is 2. The average molecular weight is 359 g/mol.